The van der Waals surface area contributed by atoms with Crippen molar-refractivity contribution in [3.63, 3.8) is 0 Å². The van der Waals surface area contributed by atoms with Crippen LogP contribution in [0.3, 0.4) is 0 Å². The van der Waals surface area contributed by atoms with Crippen molar-refractivity contribution in [1.29, 1.82) is 0 Å². The molecule has 2 heterocycles. The summed E-state index contributed by atoms with van der Waals surface area (Å²) in [6.45, 7) is 4.17. The van der Waals surface area contributed by atoms with E-state index in [0.29, 0.717) is 12.1 Å². The van der Waals surface area contributed by atoms with Crippen molar-refractivity contribution in [3.05, 3.63) is 76.1 Å². The van der Waals surface area contributed by atoms with Crippen molar-refractivity contribution in [2.75, 3.05) is 17.9 Å². The maximum atomic E-state index is 14.2. The lowest BCUT2D eigenvalue weighted by molar-refractivity contribution is -0.141. The number of pyridine rings is 1. The van der Waals surface area contributed by atoms with Crippen LogP contribution in [0.1, 0.15) is 42.7 Å². The minimum Gasteiger partial charge on any atom is -0.481 e. The van der Waals surface area contributed by atoms with E-state index in [2.05, 4.69) is 9.98 Å². The highest BCUT2D eigenvalue weighted by atomic mass is 35.5. The fourth-order valence-corrected chi connectivity index (χ4v) is 6.71. The summed E-state index contributed by atoms with van der Waals surface area (Å²) in [5.74, 6) is -1.27. The monoisotopic (exact) mass is 579 g/mol. The van der Waals surface area contributed by atoms with Gasteiger partial charge in [-0.25, -0.2) is 8.42 Å². The molecule has 206 valence electrons. The van der Waals surface area contributed by atoms with E-state index in [1.807, 2.05) is 26.0 Å². The molecule has 2 aromatic carbocycles. The third kappa shape index (κ3) is 5.51. The summed E-state index contributed by atoms with van der Waals surface area (Å²) in [6, 6.07) is 10.3. The number of rotatable bonds is 6. The quantitative estimate of drug-likeness (QED) is 0.363. The van der Waals surface area contributed by atoms with Crippen LogP contribution in [0, 0.1) is 0 Å². The Morgan fingerprint density at radius 2 is 1.90 bits per heavy atom. The number of carboxylic acid groups (broad SMARTS) is 1. The number of alkyl halides is 3. The molecule has 1 aliphatic rings. The fourth-order valence-electron chi connectivity index (χ4n) is 4.71. The van der Waals surface area contributed by atoms with E-state index in [1.54, 1.807) is 12.1 Å². The van der Waals surface area contributed by atoms with Crippen LogP contribution in [0.2, 0.25) is 5.02 Å². The Hall–Kier alpha value is -3.44. The van der Waals surface area contributed by atoms with Crippen LogP contribution in [0.15, 0.2) is 58.5 Å². The van der Waals surface area contributed by atoms with Gasteiger partial charge in [0.15, 0.2) is 0 Å². The van der Waals surface area contributed by atoms with E-state index in [4.69, 9.17) is 11.6 Å². The number of benzene rings is 2. The van der Waals surface area contributed by atoms with Crippen molar-refractivity contribution in [1.82, 2.24) is 4.98 Å². The van der Waals surface area contributed by atoms with Gasteiger partial charge in [-0.05, 0) is 47.2 Å². The molecule has 0 aliphatic carbocycles. The van der Waals surface area contributed by atoms with Gasteiger partial charge in [-0.2, -0.15) is 13.2 Å². The molecule has 0 fully saturated rings. The van der Waals surface area contributed by atoms with Gasteiger partial charge >= 0.3 is 12.1 Å². The Balaban J connectivity index is 1.96. The summed E-state index contributed by atoms with van der Waals surface area (Å²) in [7, 11) is -2.95. The molecule has 0 bridgehead atoms. The first kappa shape index (κ1) is 28.6. The predicted molar refractivity (Wildman–Crippen MR) is 143 cm³/mol. The van der Waals surface area contributed by atoms with E-state index in [1.165, 1.54) is 29.7 Å². The average molecular weight is 580 g/mol. The lowest BCUT2D eigenvalue weighted by atomic mass is 9.78. The van der Waals surface area contributed by atoms with Crippen molar-refractivity contribution < 1.29 is 31.5 Å². The van der Waals surface area contributed by atoms with Gasteiger partial charge in [0.2, 0.25) is 0 Å². The Morgan fingerprint density at radius 3 is 2.54 bits per heavy atom. The summed E-state index contributed by atoms with van der Waals surface area (Å²) in [6.07, 6.45) is -2.70. The van der Waals surface area contributed by atoms with Crippen molar-refractivity contribution in [2.45, 2.75) is 43.2 Å². The van der Waals surface area contributed by atoms with E-state index in [0.717, 1.165) is 17.8 Å². The van der Waals surface area contributed by atoms with Crippen LogP contribution in [0.4, 0.5) is 18.9 Å². The predicted octanol–water partition coefficient (Wildman–Crippen LogP) is 5.97. The molecule has 39 heavy (non-hydrogen) atoms. The van der Waals surface area contributed by atoms with Gasteiger partial charge in [-0.3, -0.25) is 19.1 Å². The molecule has 0 saturated heterocycles. The second-order valence-electron chi connectivity index (χ2n) is 9.78. The molecule has 0 amide bonds. The summed E-state index contributed by atoms with van der Waals surface area (Å²) in [5, 5.41) is 9.46. The van der Waals surface area contributed by atoms with Crippen molar-refractivity contribution in [3.8, 4) is 11.1 Å². The smallest absolute Gasteiger partial charge is 0.433 e. The van der Waals surface area contributed by atoms with E-state index >= 15 is 0 Å². The fraction of sp³-hybridized carbons (Fsp3) is 0.296. The zero-order valence-electron chi connectivity index (χ0n) is 21.3. The van der Waals surface area contributed by atoms with Crippen LogP contribution >= 0.6 is 11.6 Å². The lowest BCUT2D eigenvalue weighted by Crippen LogP contribution is -2.41. The molecule has 0 unspecified atom stereocenters. The number of sulfonamides is 1. The first-order valence-electron chi connectivity index (χ1n) is 11.8. The van der Waals surface area contributed by atoms with Crippen molar-refractivity contribution in [2.24, 2.45) is 4.99 Å². The maximum Gasteiger partial charge on any atom is 0.433 e. The summed E-state index contributed by atoms with van der Waals surface area (Å²) in [5.41, 5.74) is -0.00448. The molecule has 12 heteroatoms. The number of carbonyl (C=O) groups is 1. The number of aliphatic imine (C=N–C) groups is 1. The number of fused-ring (bicyclic) bond motifs is 1. The normalized spacial score (nSPS) is 15.4. The maximum absolute atomic E-state index is 14.2. The second-order valence-corrected chi connectivity index (χ2v) is 12.0. The molecular formula is C27H25ClF3N3O4S. The number of hydrogen-bond donors (Lipinski definition) is 1. The Morgan fingerprint density at radius 1 is 1.21 bits per heavy atom. The van der Waals surface area contributed by atoms with Crippen LogP contribution in [0.25, 0.3) is 11.1 Å². The number of anilines is 1. The second kappa shape index (κ2) is 10.3. The minimum atomic E-state index is -4.71. The largest absolute Gasteiger partial charge is 0.481 e. The third-order valence-corrected chi connectivity index (χ3v) is 8.89. The standard InChI is InChI=1S/C27H25ClF3N3O4S/c1-26(2)8-9-34(22-7-5-4-6-20(22)26)39(37,38)23-13-18(21(28)10-16(23)12-25(35)36)19-15-33-24(27(29,30)31)11-17(19)14-32-3/h4-7,10-11,13-15H,8-9,12H2,1-3H3,(H,35,36). The first-order chi connectivity index (χ1) is 18.2. The highest BCUT2D eigenvalue weighted by Crippen LogP contribution is 2.43. The van der Waals surface area contributed by atoms with Crippen LogP contribution in [-0.2, 0) is 32.8 Å². The van der Waals surface area contributed by atoms with Gasteiger partial charge < -0.3 is 5.11 Å². The van der Waals surface area contributed by atoms with E-state index in [9.17, 15) is 31.5 Å². The minimum absolute atomic E-state index is 0.0149. The Kier molecular flexibility index (Phi) is 7.52. The molecular weight excluding hydrogens is 555 g/mol. The zero-order chi connectivity index (χ0) is 28.8. The molecule has 1 aliphatic heterocycles. The molecule has 0 spiro atoms. The van der Waals surface area contributed by atoms with E-state index < -0.39 is 34.3 Å². The molecule has 4 rings (SSSR count). The summed E-state index contributed by atoms with van der Waals surface area (Å²) in [4.78, 5) is 18.7. The first-order valence-corrected chi connectivity index (χ1v) is 13.6. The highest BCUT2D eigenvalue weighted by molar-refractivity contribution is 7.93. The molecule has 0 radical (unpaired) electrons. The Labute approximate surface area is 229 Å². The number of nitrogens with zero attached hydrogens (tertiary/aromatic N) is 3. The number of halogens is 4. The number of hydrogen-bond acceptors (Lipinski definition) is 5. The summed E-state index contributed by atoms with van der Waals surface area (Å²) < 4.78 is 69.5. The number of carboxylic acids is 1. The SMILES string of the molecule is CN=Cc1cc(C(F)(F)F)ncc1-c1cc(S(=O)(=O)N2CCC(C)(C)c3ccccc32)c(CC(=O)O)cc1Cl. The van der Waals surface area contributed by atoms with Crippen LogP contribution in [-0.4, -0.2) is 44.3 Å². The molecule has 1 aromatic heterocycles. The Bertz CT molecular complexity index is 1590. The topological polar surface area (TPSA) is 99.9 Å². The van der Waals surface area contributed by atoms with Gasteiger partial charge in [0, 0.05) is 47.7 Å². The van der Waals surface area contributed by atoms with Gasteiger partial charge in [0.25, 0.3) is 10.0 Å². The van der Waals surface area contributed by atoms with Crippen LogP contribution in [0.5, 0.6) is 0 Å². The average Bonchev–Trinajstić information content (AvgIpc) is 2.83. The molecule has 7 nitrogen and oxygen atoms in total. The van der Waals surface area contributed by atoms with Crippen LogP contribution < -0.4 is 4.31 Å². The van der Waals surface area contributed by atoms with Gasteiger partial charge in [-0.15, -0.1) is 0 Å². The van der Waals surface area contributed by atoms with E-state index in [-0.39, 0.29) is 44.1 Å². The van der Waals surface area contributed by atoms with Gasteiger partial charge in [-0.1, -0.05) is 43.6 Å². The van der Waals surface area contributed by atoms with Gasteiger partial charge in [0.1, 0.15) is 5.69 Å². The summed E-state index contributed by atoms with van der Waals surface area (Å²) >= 11 is 6.48. The van der Waals surface area contributed by atoms with Crippen molar-refractivity contribution >= 4 is 39.5 Å². The lowest BCUT2D eigenvalue weighted by Gasteiger charge is -2.39. The third-order valence-electron chi connectivity index (χ3n) is 6.69. The molecule has 3 aromatic rings. The van der Waals surface area contributed by atoms with Gasteiger partial charge in [0.05, 0.1) is 17.0 Å². The molecule has 1 N–H and O–H groups in total. The molecule has 0 saturated carbocycles. The number of para-hydroxylation sites is 1. The highest BCUT2D eigenvalue weighted by Gasteiger charge is 2.38. The zero-order valence-corrected chi connectivity index (χ0v) is 22.8. The number of aromatic nitrogens is 1. The molecule has 0 atom stereocenters. The number of aliphatic carboxylic acids is 1.